The lowest BCUT2D eigenvalue weighted by atomic mass is 9.89. The fourth-order valence-corrected chi connectivity index (χ4v) is 3.18. The number of nitrogens with zero attached hydrogens (tertiary/aromatic N) is 1. The maximum absolute atomic E-state index is 11.7. The summed E-state index contributed by atoms with van der Waals surface area (Å²) in [6.07, 6.45) is 5.45. The lowest BCUT2D eigenvalue weighted by Gasteiger charge is -2.33. The third-order valence-corrected chi connectivity index (χ3v) is 4.38. The lowest BCUT2D eigenvalue weighted by Crippen LogP contribution is -2.37. The molecule has 0 radical (unpaired) electrons. The van der Waals surface area contributed by atoms with Gasteiger partial charge >= 0.3 is 0 Å². The molecule has 0 spiro atoms. The van der Waals surface area contributed by atoms with Crippen LogP contribution in [0.3, 0.4) is 0 Å². The zero-order chi connectivity index (χ0) is 10.8. The second-order valence-electron chi connectivity index (χ2n) is 4.96. The van der Waals surface area contributed by atoms with Crippen molar-refractivity contribution in [2.24, 2.45) is 11.8 Å². The van der Waals surface area contributed by atoms with Crippen molar-refractivity contribution >= 4 is 15.6 Å². The smallest absolute Gasteiger partial charge is 0.0245 e. The summed E-state index contributed by atoms with van der Waals surface area (Å²) >= 11 is 0. The summed E-state index contributed by atoms with van der Waals surface area (Å²) in [7, 11) is -1.94. The van der Waals surface area contributed by atoms with E-state index in [0.29, 0.717) is 0 Å². The molecule has 3 heteroatoms. The summed E-state index contributed by atoms with van der Waals surface area (Å²) in [5.41, 5.74) is 0. The highest BCUT2D eigenvalue weighted by Gasteiger charge is 2.22. The van der Waals surface area contributed by atoms with Gasteiger partial charge in [0.25, 0.3) is 0 Å². The van der Waals surface area contributed by atoms with Gasteiger partial charge in [-0.2, -0.15) is 0 Å². The van der Waals surface area contributed by atoms with Gasteiger partial charge in [-0.3, -0.25) is 4.21 Å². The monoisotopic (exact) mass is 217 g/mol. The summed E-state index contributed by atoms with van der Waals surface area (Å²) in [5.74, 6) is 5.36. The molecule has 0 aromatic carbocycles. The van der Waals surface area contributed by atoms with Gasteiger partial charge in [0, 0.05) is 29.1 Å². The molecular formula is C11H23NOS. The Labute approximate surface area is 88.8 Å². The molecule has 0 aromatic rings. The first-order valence-electron chi connectivity index (χ1n) is 5.47. The number of hydrogen-bond acceptors (Lipinski definition) is 1. The van der Waals surface area contributed by atoms with E-state index in [-0.39, 0.29) is 0 Å². The molecule has 0 saturated carbocycles. The molecule has 0 N–H and O–H groups in total. The second-order valence-corrected chi connectivity index (χ2v) is 7.40. The van der Waals surface area contributed by atoms with E-state index in [1.807, 2.05) is 4.31 Å². The molecule has 2 nitrogen and oxygen atoms in total. The third kappa shape index (κ3) is 3.62. The van der Waals surface area contributed by atoms with E-state index in [9.17, 15) is 4.21 Å². The maximum atomic E-state index is 11.7. The van der Waals surface area contributed by atoms with Crippen molar-refractivity contribution < 1.29 is 4.21 Å². The molecule has 84 valence electrons. The van der Waals surface area contributed by atoms with E-state index >= 15 is 0 Å². The Morgan fingerprint density at radius 2 is 1.93 bits per heavy atom. The van der Waals surface area contributed by atoms with Gasteiger partial charge in [-0.25, -0.2) is 4.31 Å². The van der Waals surface area contributed by atoms with Crippen molar-refractivity contribution in [1.82, 2.24) is 4.31 Å². The minimum absolute atomic E-state index is 0.789. The first-order valence-corrected chi connectivity index (χ1v) is 7.56. The molecule has 0 aromatic heterocycles. The van der Waals surface area contributed by atoms with Crippen molar-refractivity contribution in [3.05, 3.63) is 0 Å². The molecule has 14 heavy (non-hydrogen) atoms. The number of hydrogen-bond donors (Lipinski definition) is 0. The molecule has 1 aliphatic rings. The fraction of sp³-hybridized carbons (Fsp3) is 0.909. The van der Waals surface area contributed by atoms with E-state index in [2.05, 4.69) is 19.7 Å². The van der Waals surface area contributed by atoms with Crippen LogP contribution in [0.5, 0.6) is 0 Å². The second kappa shape index (κ2) is 4.67. The average molecular weight is 217 g/mol. The minimum atomic E-state index is -1.94. The van der Waals surface area contributed by atoms with Crippen molar-refractivity contribution in [1.29, 1.82) is 0 Å². The van der Waals surface area contributed by atoms with Crippen LogP contribution in [-0.2, 0) is 9.71 Å². The molecule has 0 amide bonds. The fourth-order valence-electron chi connectivity index (χ4n) is 2.20. The lowest BCUT2D eigenvalue weighted by molar-refractivity contribution is 0.253. The molecule has 1 heterocycles. The van der Waals surface area contributed by atoms with Crippen molar-refractivity contribution in [2.45, 2.75) is 33.1 Å². The Balaban J connectivity index is 2.39. The zero-order valence-corrected chi connectivity index (χ0v) is 10.5. The predicted octanol–water partition coefficient (Wildman–Crippen LogP) is 2.01. The van der Waals surface area contributed by atoms with Crippen LogP contribution in [0, 0.1) is 11.8 Å². The van der Waals surface area contributed by atoms with Crippen LogP contribution >= 0.6 is 0 Å². The number of rotatable bonds is 3. The summed E-state index contributed by atoms with van der Waals surface area (Å²) in [6, 6.07) is 0. The normalized spacial score (nSPS) is 25.1. The van der Waals surface area contributed by atoms with Crippen molar-refractivity contribution in [3.8, 4) is 0 Å². The Kier molecular flexibility index (Phi) is 4.02. The highest BCUT2D eigenvalue weighted by Crippen LogP contribution is 2.24. The van der Waals surface area contributed by atoms with Crippen LogP contribution in [0.1, 0.15) is 33.1 Å². The van der Waals surface area contributed by atoms with Gasteiger partial charge in [-0.1, -0.05) is 13.8 Å². The Morgan fingerprint density at radius 1 is 1.43 bits per heavy atom. The summed E-state index contributed by atoms with van der Waals surface area (Å²) < 4.78 is 13.7. The average Bonchev–Trinajstić information content (AvgIpc) is 2.02. The molecule has 0 bridgehead atoms. The molecule has 1 rings (SSSR count). The topological polar surface area (TPSA) is 20.3 Å². The van der Waals surface area contributed by atoms with Gasteiger partial charge in [0.1, 0.15) is 0 Å². The maximum Gasteiger partial charge on any atom is 0.0245 e. The van der Waals surface area contributed by atoms with E-state index in [1.165, 1.54) is 19.3 Å². The first-order chi connectivity index (χ1) is 6.39. The summed E-state index contributed by atoms with van der Waals surface area (Å²) in [6.45, 7) is 6.49. The van der Waals surface area contributed by atoms with E-state index in [0.717, 1.165) is 24.9 Å². The molecule has 1 atom stereocenters. The predicted molar refractivity (Wildman–Crippen MR) is 64.9 cm³/mol. The molecule has 1 aliphatic heterocycles. The number of piperidine rings is 1. The van der Waals surface area contributed by atoms with E-state index in [4.69, 9.17) is 0 Å². The standard InChI is InChI=1S/C11H23NOS/c1-10(2)9-11-5-7-12(8-6-11)14(3,4)13/h10-11H,3,5-9H2,1-2,4H3. The van der Waals surface area contributed by atoms with Crippen LogP contribution in [0.15, 0.2) is 0 Å². The first kappa shape index (κ1) is 12.1. The quantitative estimate of drug-likeness (QED) is 0.662. The van der Waals surface area contributed by atoms with Crippen molar-refractivity contribution in [2.75, 3.05) is 19.3 Å². The summed E-state index contributed by atoms with van der Waals surface area (Å²) in [5, 5.41) is 0. The van der Waals surface area contributed by atoms with Gasteiger partial charge < -0.3 is 0 Å². The van der Waals surface area contributed by atoms with Gasteiger partial charge in [0.05, 0.1) is 0 Å². The zero-order valence-electron chi connectivity index (χ0n) is 9.66. The highest BCUT2D eigenvalue weighted by molar-refractivity contribution is 7.97. The van der Waals surface area contributed by atoms with Gasteiger partial charge in [-0.05, 0) is 37.0 Å². The van der Waals surface area contributed by atoms with Crippen LogP contribution in [-0.4, -0.2) is 33.7 Å². The Bertz CT molecular complexity index is 261. The highest BCUT2D eigenvalue weighted by atomic mass is 32.2. The molecule has 1 fully saturated rings. The summed E-state index contributed by atoms with van der Waals surface area (Å²) in [4.78, 5) is 0. The van der Waals surface area contributed by atoms with Crippen molar-refractivity contribution in [3.63, 3.8) is 0 Å². The Hall–Kier alpha value is -0.0200. The van der Waals surface area contributed by atoms with E-state index < -0.39 is 9.71 Å². The third-order valence-electron chi connectivity index (χ3n) is 2.92. The minimum Gasteiger partial charge on any atom is -0.253 e. The Morgan fingerprint density at radius 3 is 2.29 bits per heavy atom. The molecule has 1 unspecified atom stereocenters. The molecule has 0 aliphatic carbocycles. The van der Waals surface area contributed by atoms with Gasteiger partial charge in [-0.15, -0.1) is 0 Å². The van der Waals surface area contributed by atoms with Crippen LogP contribution < -0.4 is 0 Å². The van der Waals surface area contributed by atoms with Gasteiger partial charge in [0.15, 0.2) is 0 Å². The molecule has 1 saturated heterocycles. The van der Waals surface area contributed by atoms with Crippen LogP contribution in [0.25, 0.3) is 0 Å². The van der Waals surface area contributed by atoms with Gasteiger partial charge in [0.2, 0.25) is 0 Å². The van der Waals surface area contributed by atoms with Crippen LogP contribution in [0.4, 0.5) is 0 Å². The largest absolute Gasteiger partial charge is 0.253 e. The van der Waals surface area contributed by atoms with E-state index in [1.54, 1.807) is 6.26 Å². The SMILES string of the molecule is C=S(C)(=O)N1CCC(CC(C)C)CC1. The van der Waals surface area contributed by atoms with Crippen LogP contribution in [0.2, 0.25) is 0 Å². The molecular weight excluding hydrogens is 194 g/mol.